The van der Waals surface area contributed by atoms with Crippen molar-refractivity contribution in [2.24, 2.45) is 0 Å². The van der Waals surface area contributed by atoms with Gasteiger partial charge in [0.1, 0.15) is 12.7 Å². The van der Waals surface area contributed by atoms with Gasteiger partial charge in [0, 0.05) is 6.08 Å². The molecule has 0 aromatic heterocycles. The van der Waals surface area contributed by atoms with E-state index in [4.69, 9.17) is 14.9 Å². The van der Waals surface area contributed by atoms with Gasteiger partial charge in [-0.25, -0.2) is 4.79 Å². The van der Waals surface area contributed by atoms with E-state index >= 15 is 0 Å². The Hall–Kier alpha value is -2.05. The van der Waals surface area contributed by atoms with Crippen LogP contribution in [0, 0.1) is 0 Å². The van der Waals surface area contributed by atoms with Crippen LogP contribution in [0.3, 0.4) is 0 Å². The number of methoxy groups -OCH3 is 1. The fourth-order valence-corrected chi connectivity index (χ4v) is 1.24. The number of phenols is 1. The number of esters is 1. The number of carbonyl (C=O) groups is 1. The molecule has 0 heterocycles. The van der Waals surface area contributed by atoms with Gasteiger partial charge < -0.3 is 24.8 Å². The van der Waals surface area contributed by atoms with Crippen LogP contribution < -0.4 is 4.74 Å². The van der Waals surface area contributed by atoms with Crippen LogP contribution in [-0.2, 0) is 9.53 Å². The summed E-state index contributed by atoms with van der Waals surface area (Å²) in [5.74, 6) is -0.334. The summed E-state index contributed by atoms with van der Waals surface area (Å²) in [4.78, 5) is 11.3. The highest BCUT2D eigenvalue weighted by Gasteiger charge is 2.05. The topological polar surface area (TPSA) is 96.2 Å². The molecule has 19 heavy (non-hydrogen) atoms. The van der Waals surface area contributed by atoms with E-state index in [9.17, 15) is 9.90 Å². The first-order valence-corrected chi connectivity index (χ1v) is 5.57. The second-order valence-corrected chi connectivity index (χ2v) is 3.73. The molecule has 0 aliphatic carbocycles. The van der Waals surface area contributed by atoms with Gasteiger partial charge in [0.05, 0.1) is 13.7 Å². The maximum Gasteiger partial charge on any atom is 0.330 e. The second-order valence-electron chi connectivity index (χ2n) is 3.73. The van der Waals surface area contributed by atoms with E-state index in [1.165, 1.54) is 25.3 Å². The van der Waals surface area contributed by atoms with Crippen LogP contribution in [0.15, 0.2) is 24.3 Å². The molecule has 1 atom stereocenters. The molecule has 0 spiro atoms. The van der Waals surface area contributed by atoms with Gasteiger partial charge in [0.2, 0.25) is 0 Å². The molecule has 0 saturated carbocycles. The van der Waals surface area contributed by atoms with E-state index in [0.717, 1.165) is 0 Å². The van der Waals surface area contributed by atoms with Crippen molar-refractivity contribution in [1.29, 1.82) is 0 Å². The number of carbonyl (C=O) groups excluding carboxylic acids is 1. The first-order valence-electron chi connectivity index (χ1n) is 5.57. The smallest absolute Gasteiger partial charge is 0.330 e. The number of aliphatic hydroxyl groups is 2. The Morgan fingerprint density at radius 2 is 2.21 bits per heavy atom. The predicted octanol–water partition coefficient (Wildman–Crippen LogP) is 0.310. The third-order valence-electron chi connectivity index (χ3n) is 2.24. The molecule has 1 unspecified atom stereocenters. The molecule has 1 aromatic rings. The Morgan fingerprint density at radius 1 is 1.47 bits per heavy atom. The standard InChI is InChI=1S/C13H16O6/c1-18-12-6-9(2-4-11(12)16)3-5-13(17)19-8-10(15)7-14/h2-6,10,14-16H,7-8H2,1H3/b5-3+. The highest BCUT2D eigenvalue weighted by molar-refractivity contribution is 5.87. The molecule has 0 radical (unpaired) electrons. The molecule has 3 N–H and O–H groups in total. The molecule has 0 bridgehead atoms. The Balaban J connectivity index is 2.58. The summed E-state index contributed by atoms with van der Waals surface area (Å²) in [5.41, 5.74) is 0.648. The zero-order valence-electron chi connectivity index (χ0n) is 10.4. The normalized spacial score (nSPS) is 12.4. The van der Waals surface area contributed by atoms with Gasteiger partial charge in [-0.15, -0.1) is 0 Å². The maximum atomic E-state index is 11.3. The summed E-state index contributed by atoms with van der Waals surface area (Å²) >= 11 is 0. The van der Waals surface area contributed by atoms with Crippen molar-refractivity contribution < 1.29 is 29.6 Å². The minimum Gasteiger partial charge on any atom is -0.504 e. The average Bonchev–Trinajstić information content (AvgIpc) is 2.43. The van der Waals surface area contributed by atoms with Crippen molar-refractivity contribution in [3.63, 3.8) is 0 Å². The number of hydrogen-bond acceptors (Lipinski definition) is 6. The number of phenolic OH excluding ortho intramolecular Hbond substituents is 1. The Morgan fingerprint density at radius 3 is 2.84 bits per heavy atom. The van der Waals surface area contributed by atoms with Gasteiger partial charge in [-0.2, -0.15) is 0 Å². The van der Waals surface area contributed by atoms with E-state index in [1.54, 1.807) is 12.1 Å². The zero-order chi connectivity index (χ0) is 14.3. The van der Waals surface area contributed by atoms with Crippen molar-refractivity contribution in [2.45, 2.75) is 6.10 Å². The van der Waals surface area contributed by atoms with E-state index in [2.05, 4.69) is 4.74 Å². The summed E-state index contributed by atoms with van der Waals surface area (Å²) in [7, 11) is 1.42. The molecule has 1 rings (SSSR count). The third kappa shape index (κ3) is 4.99. The first kappa shape index (κ1) is 15.0. The van der Waals surface area contributed by atoms with E-state index in [-0.39, 0.29) is 12.4 Å². The molecule has 6 heteroatoms. The van der Waals surface area contributed by atoms with Crippen LogP contribution in [0.25, 0.3) is 6.08 Å². The molecular weight excluding hydrogens is 252 g/mol. The summed E-state index contributed by atoms with van der Waals surface area (Å²) in [5, 5.41) is 26.9. The number of ether oxygens (including phenoxy) is 2. The van der Waals surface area contributed by atoms with Gasteiger partial charge in [-0.1, -0.05) is 6.07 Å². The number of benzene rings is 1. The lowest BCUT2D eigenvalue weighted by Crippen LogP contribution is -2.21. The van der Waals surface area contributed by atoms with Crippen LogP contribution in [0.1, 0.15) is 5.56 Å². The first-order chi connectivity index (χ1) is 9.06. The minimum atomic E-state index is -1.08. The number of aromatic hydroxyl groups is 1. The monoisotopic (exact) mass is 268 g/mol. The van der Waals surface area contributed by atoms with E-state index in [1.807, 2.05) is 0 Å². The molecule has 0 fully saturated rings. The second kappa shape index (κ2) is 7.40. The minimum absolute atomic E-state index is 0.00768. The van der Waals surface area contributed by atoms with E-state index < -0.39 is 18.7 Å². The Bertz CT molecular complexity index is 454. The van der Waals surface area contributed by atoms with Crippen LogP contribution in [-0.4, -0.2) is 47.7 Å². The largest absolute Gasteiger partial charge is 0.504 e. The lowest BCUT2D eigenvalue weighted by atomic mass is 10.2. The lowest BCUT2D eigenvalue weighted by molar-refractivity contribution is -0.141. The van der Waals surface area contributed by atoms with Gasteiger partial charge >= 0.3 is 5.97 Å². The lowest BCUT2D eigenvalue weighted by Gasteiger charge is -2.06. The van der Waals surface area contributed by atoms with Crippen molar-refractivity contribution in [3.8, 4) is 11.5 Å². The van der Waals surface area contributed by atoms with Crippen LogP contribution in [0.2, 0.25) is 0 Å². The van der Waals surface area contributed by atoms with Crippen molar-refractivity contribution >= 4 is 12.0 Å². The summed E-state index contributed by atoms with van der Waals surface area (Å²) in [6.07, 6.45) is 1.58. The SMILES string of the molecule is COc1cc(/C=C/C(=O)OCC(O)CO)ccc1O. The van der Waals surface area contributed by atoms with Gasteiger partial charge in [0.15, 0.2) is 11.5 Å². The van der Waals surface area contributed by atoms with Gasteiger partial charge in [-0.05, 0) is 23.8 Å². The molecule has 0 amide bonds. The zero-order valence-corrected chi connectivity index (χ0v) is 10.4. The Labute approximate surface area is 110 Å². The van der Waals surface area contributed by atoms with Crippen molar-refractivity contribution in [2.75, 3.05) is 20.3 Å². The fraction of sp³-hybridized carbons (Fsp3) is 0.308. The van der Waals surface area contributed by atoms with Gasteiger partial charge in [-0.3, -0.25) is 0 Å². The molecule has 0 saturated heterocycles. The van der Waals surface area contributed by atoms with Crippen LogP contribution >= 0.6 is 0 Å². The predicted molar refractivity (Wildman–Crippen MR) is 67.7 cm³/mol. The molecule has 1 aromatic carbocycles. The molecule has 6 nitrogen and oxygen atoms in total. The van der Waals surface area contributed by atoms with Crippen LogP contribution in [0.5, 0.6) is 11.5 Å². The summed E-state index contributed by atoms with van der Waals surface area (Å²) < 4.78 is 9.61. The van der Waals surface area contributed by atoms with Crippen molar-refractivity contribution in [1.82, 2.24) is 0 Å². The average molecular weight is 268 g/mol. The molecule has 0 aliphatic heterocycles. The molecule has 104 valence electrons. The fourth-order valence-electron chi connectivity index (χ4n) is 1.24. The van der Waals surface area contributed by atoms with Crippen LogP contribution in [0.4, 0.5) is 0 Å². The number of rotatable bonds is 6. The number of hydrogen-bond donors (Lipinski definition) is 3. The quantitative estimate of drug-likeness (QED) is 0.507. The Kier molecular flexibility index (Phi) is 5.84. The maximum absolute atomic E-state index is 11.3. The van der Waals surface area contributed by atoms with Gasteiger partial charge in [0.25, 0.3) is 0 Å². The molecule has 0 aliphatic rings. The summed E-state index contributed by atoms with van der Waals surface area (Å²) in [6.45, 7) is -0.731. The van der Waals surface area contributed by atoms with E-state index in [0.29, 0.717) is 11.3 Å². The molecular formula is C13H16O6. The third-order valence-corrected chi connectivity index (χ3v) is 2.24. The summed E-state index contributed by atoms with van der Waals surface area (Å²) in [6, 6.07) is 4.60. The highest BCUT2D eigenvalue weighted by atomic mass is 16.5. The number of aliphatic hydroxyl groups excluding tert-OH is 2. The van der Waals surface area contributed by atoms with Crippen molar-refractivity contribution in [3.05, 3.63) is 29.8 Å². The highest BCUT2D eigenvalue weighted by Crippen LogP contribution is 2.26.